The Labute approximate surface area is 157 Å². The molecular formula is C19H21Cl2NOS. The number of hydrogen-bond donors (Lipinski definition) is 0. The van der Waals surface area contributed by atoms with E-state index in [1.165, 1.54) is 24.8 Å². The van der Waals surface area contributed by atoms with Crippen molar-refractivity contribution in [2.75, 3.05) is 13.7 Å². The van der Waals surface area contributed by atoms with Gasteiger partial charge in [-0.3, -0.25) is 0 Å². The largest absolute Gasteiger partial charge is 0.492 e. The highest BCUT2D eigenvalue weighted by atomic mass is 35.5. The van der Waals surface area contributed by atoms with Crippen LogP contribution in [-0.2, 0) is 0 Å². The third-order valence-electron chi connectivity index (χ3n) is 5.75. The Morgan fingerprint density at radius 1 is 1.25 bits per heavy atom. The van der Waals surface area contributed by atoms with Crippen molar-refractivity contribution in [3.8, 4) is 5.75 Å². The Morgan fingerprint density at radius 3 is 2.92 bits per heavy atom. The van der Waals surface area contributed by atoms with Crippen LogP contribution in [0.25, 0.3) is 0 Å². The van der Waals surface area contributed by atoms with Crippen LogP contribution in [0.4, 0.5) is 0 Å². The van der Waals surface area contributed by atoms with E-state index in [9.17, 15) is 0 Å². The maximum absolute atomic E-state index is 6.29. The predicted octanol–water partition coefficient (Wildman–Crippen LogP) is 5.70. The number of nitrogens with zero attached hydrogens (tertiary/aromatic N) is 1. The van der Waals surface area contributed by atoms with Crippen LogP contribution in [0.15, 0.2) is 35.0 Å². The number of benzene rings is 1. The maximum Gasteiger partial charge on any atom is 0.139 e. The molecule has 2 bridgehead atoms. The molecule has 0 spiro atoms. The number of ether oxygens (including phenoxy) is 1. The minimum absolute atomic E-state index is 0.485. The summed E-state index contributed by atoms with van der Waals surface area (Å²) < 4.78 is 6.14. The number of piperidine rings is 1. The van der Waals surface area contributed by atoms with Gasteiger partial charge in [-0.15, -0.1) is 0 Å². The van der Waals surface area contributed by atoms with Gasteiger partial charge in [-0.05, 0) is 66.8 Å². The third-order valence-corrected chi connectivity index (χ3v) is 7.25. The van der Waals surface area contributed by atoms with Crippen molar-refractivity contribution < 1.29 is 4.74 Å². The van der Waals surface area contributed by atoms with E-state index in [2.05, 4.69) is 28.8 Å². The first-order valence-corrected chi connectivity index (χ1v) is 10.2. The third kappa shape index (κ3) is 2.96. The predicted molar refractivity (Wildman–Crippen MR) is 102 cm³/mol. The zero-order valence-corrected chi connectivity index (χ0v) is 15.9. The van der Waals surface area contributed by atoms with Crippen LogP contribution in [0.3, 0.4) is 0 Å². The van der Waals surface area contributed by atoms with Crippen molar-refractivity contribution in [3.63, 3.8) is 0 Å². The summed E-state index contributed by atoms with van der Waals surface area (Å²) in [4.78, 5) is 2.57. The van der Waals surface area contributed by atoms with Gasteiger partial charge in [0.25, 0.3) is 0 Å². The maximum atomic E-state index is 6.29. The summed E-state index contributed by atoms with van der Waals surface area (Å²) in [6.45, 7) is 0.683. The van der Waals surface area contributed by atoms with E-state index in [1.54, 1.807) is 17.4 Å². The van der Waals surface area contributed by atoms with Gasteiger partial charge in [-0.2, -0.15) is 11.3 Å². The summed E-state index contributed by atoms with van der Waals surface area (Å²) in [6.07, 6.45) is 3.79. The van der Waals surface area contributed by atoms with Crippen molar-refractivity contribution in [1.82, 2.24) is 4.90 Å². The Bertz CT molecular complexity index is 705. The second-order valence-electron chi connectivity index (χ2n) is 6.89. The van der Waals surface area contributed by atoms with E-state index < -0.39 is 0 Å². The molecule has 128 valence electrons. The Hall–Kier alpha value is -0.740. The number of hydrogen-bond acceptors (Lipinski definition) is 3. The van der Waals surface area contributed by atoms with E-state index in [0.717, 1.165) is 0 Å². The van der Waals surface area contributed by atoms with Crippen molar-refractivity contribution in [2.24, 2.45) is 5.92 Å². The summed E-state index contributed by atoms with van der Waals surface area (Å²) in [6, 6.07) is 9.16. The monoisotopic (exact) mass is 381 g/mol. The number of fused-ring (bicyclic) bond motifs is 2. The van der Waals surface area contributed by atoms with Crippen LogP contribution < -0.4 is 4.74 Å². The number of halogens is 2. The molecule has 0 aliphatic carbocycles. The molecule has 4 atom stereocenters. The van der Waals surface area contributed by atoms with E-state index in [1.807, 2.05) is 12.1 Å². The molecule has 3 heterocycles. The molecule has 2 nitrogen and oxygen atoms in total. The van der Waals surface area contributed by atoms with Crippen molar-refractivity contribution >= 4 is 34.5 Å². The molecule has 2 aliphatic rings. The SMILES string of the molecule is CN1C2CCC1[C@H](COc1cccc(Cl)c1Cl)[C@@H](c1ccsc1)C2. The number of thiophene rings is 1. The molecule has 1 aromatic heterocycles. The lowest BCUT2D eigenvalue weighted by Crippen LogP contribution is -2.47. The molecule has 1 aromatic carbocycles. The van der Waals surface area contributed by atoms with Gasteiger partial charge in [0.1, 0.15) is 10.8 Å². The number of rotatable bonds is 4. The average Bonchev–Trinajstić information content (AvgIpc) is 3.17. The molecule has 4 rings (SSSR count). The summed E-state index contributed by atoms with van der Waals surface area (Å²) in [5, 5.41) is 5.54. The highest BCUT2D eigenvalue weighted by molar-refractivity contribution is 7.08. The molecule has 5 heteroatoms. The Kier molecular flexibility index (Phi) is 4.79. The molecule has 24 heavy (non-hydrogen) atoms. The van der Waals surface area contributed by atoms with Gasteiger partial charge in [0.15, 0.2) is 0 Å². The first-order chi connectivity index (χ1) is 11.6. The molecule has 0 N–H and O–H groups in total. The summed E-state index contributed by atoms with van der Waals surface area (Å²) in [7, 11) is 2.27. The van der Waals surface area contributed by atoms with Gasteiger partial charge in [0, 0.05) is 18.0 Å². The zero-order chi connectivity index (χ0) is 16.7. The van der Waals surface area contributed by atoms with Gasteiger partial charge in [-0.25, -0.2) is 0 Å². The first kappa shape index (κ1) is 16.7. The Balaban J connectivity index is 1.57. The molecule has 2 fully saturated rings. The van der Waals surface area contributed by atoms with Gasteiger partial charge < -0.3 is 9.64 Å². The molecule has 2 aromatic rings. The van der Waals surface area contributed by atoms with Gasteiger partial charge in [-0.1, -0.05) is 29.3 Å². The van der Waals surface area contributed by atoms with Gasteiger partial charge >= 0.3 is 0 Å². The van der Waals surface area contributed by atoms with Crippen LogP contribution in [0.1, 0.15) is 30.7 Å². The lowest BCUT2D eigenvalue weighted by molar-refractivity contribution is 0.0667. The molecule has 0 saturated carbocycles. The summed E-state index contributed by atoms with van der Waals surface area (Å²) >= 11 is 14.2. The molecular weight excluding hydrogens is 361 g/mol. The first-order valence-electron chi connectivity index (χ1n) is 8.46. The molecule has 2 aliphatic heterocycles. The fourth-order valence-corrected chi connectivity index (χ4v) is 5.53. The van der Waals surface area contributed by atoms with Gasteiger partial charge in [0.05, 0.1) is 11.6 Å². The molecule has 0 amide bonds. The average molecular weight is 382 g/mol. The molecule has 0 radical (unpaired) electrons. The van der Waals surface area contributed by atoms with Crippen molar-refractivity contribution in [3.05, 3.63) is 50.6 Å². The normalized spacial score (nSPS) is 29.8. The zero-order valence-electron chi connectivity index (χ0n) is 13.6. The van der Waals surface area contributed by atoms with Crippen LogP contribution >= 0.6 is 34.5 Å². The minimum atomic E-state index is 0.485. The van der Waals surface area contributed by atoms with E-state index in [0.29, 0.717) is 46.3 Å². The molecule has 2 saturated heterocycles. The fourth-order valence-electron chi connectivity index (χ4n) is 4.46. The van der Waals surface area contributed by atoms with Crippen LogP contribution in [0.2, 0.25) is 10.0 Å². The second-order valence-corrected chi connectivity index (χ2v) is 8.45. The smallest absolute Gasteiger partial charge is 0.139 e. The van der Waals surface area contributed by atoms with Crippen molar-refractivity contribution in [2.45, 2.75) is 37.3 Å². The quantitative estimate of drug-likeness (QED) is 0.673. The van der Waals surface area contributed by atoms with Crippen molar-refractivity contribution in [1.29, 1.82) is 0 Å². The highest BCUT2D eigenvalue weighted by Gasteiger charge is 2.46. The fraction of sp³-hybridized carbons (Fsp3) is 0.474. The lowest BCUT2D eigenvalue weighted by atomic mass is 9.77. The second kappa shape index (κ2) is 6.87. The van der Waals surface area contributed by atoms with E-state index in [4.69, 9.17) is 27.9 Å². The lowest BCUT2D eigenvalue weighted by Gasteiger charge is -2.42. The van der Waals surface area contributed by atoms with E-state index >= 15 is 0 Å². The van der Waals surface area contributed by atoms with Crippen LogP contribution in [-0.4, -0.2) is 30.6 Å². The minimum Gasteiger partial charge on any atom is -0.492 e. The summed E-state index contributed by atoms with van der Waals surface area (Å²) in [5.74, 6) is 1.75. The van der Waals surface area contributed by atoms with E-state index in [-0.39, 0.29) is 0 Å². The summed E-state index contributed by atoms with van der Waals surface area (Å²) in [5.41, 5.74) is 1.47. The standard InChI is InChI=1S/C19H21Cl2NOS/c1-22-13-5-6-17(22)15(14(9-13)12-7-8-24-11-12)10-23-18-4-2-3-16(20)19(18)21/h2-4,7-8,11,13-15,17H,5-6,9-10H2,1H3/t13?,14-,15-,17?/m1/s1. The highest BCUT2D eigenvalue weighted by Crippen LogP contribution is 2.47. The molecule has 2 unspecified atom stereocenters. The van der Waals surface area contributed by atoms with Gasteiger partial charge in [0.2, 0.25) is 0 Å². The Morgan fingerprint density at radius 2 is 2.12 bits per heavy atom. The van der Waals surface area contributed by atoms with Crippen LogP contribution in [0.5, 0.6) is 5.75 Å². The van der Waals surface area contributed by atoms with Crippen LogP contribution in [0, 0.1) is 5.92 Å². The topological polar surface area (TPSA) is 12.5 Å².